The highest BCUT2D eigenvalue weighted by Crippen LogP contribution is 2.29. The van der Waals surface area contributed by atoms with Crippen molar-refractivity contribution in [2.75, 3.05) is 6.54 Å². The average Bonchev–Trinajstić information content (AvgIpc) is 2.80. The number of nitrogens with zero attached hydrogens (tertiary/aromatic N) is 1. The van der Waals surface area contributed by atoms with Gasteiger partial charge in [0.05, 0.1) is 0 Å². The first-order valence-electron chi connectivity index (χ1n) is 6.60. The predicted octanol–water partition coefficient (Wildman–Crippen LogP) is 1.67. The molecule has 1 heterocycles. The second-order valence-electron chi connectivity index (χ2n) is 5.78. The Bertz CT molecular complexity index is 384. The van der Waals surface area contributed by atoms with Crippen LogP contribution in [0.3, 0.4) is 0 Å². The van der Waals surface area contributed by atoms with Crippen LogP contribution in [0.5, 0.6) is 0 Å². The van der Waals surface area contributed by atoms with E-state index in [-0.39, 0.29) is 5.91 Å². The third kappa shape index (κ3) is 2.26. The third-order valence-corrected chi connectivity index (χ3v) is 4.05. The Labute approximate surface area is 107 Å². The van der Waals surface area contributed by atoms with Gasteiger partial charge in [0.2, 0.25) is 11.8 Å². The number of barbiturate groups is 1. The van der Waals surface area contributed by atoms with Gasteiger partial charge in [0.25, 0.3) is 0 Å². The maximum absolute atomic E-state index is 12.1. The van der Waals surface area contributed by atoms with Crippen LogP contribution in [0.4, 0.5) is 4.79 Å². The Hall–Kier alpha value is -1.39. The maximum atomic E-state index is 12.1. The monoisotopic (exact) mass is 252 g/mol. The molecule has 0 bridgehead atoms. The molecule has 0 atom stereocenters. The highest BCUT2D eigenvalue weighted by molar-refractivity contribution is 6.18. The van der Waals surface area contributed by atoms with E-state index in [2.05, 4.69) is 5.32 Å². The zero-order valence-corrected chi connectivity index (χ0v) is 11.0. The van der Waals surface area contributed by atoms with Crippen LogP contribution in [0.2, 0.25) is 0 Å². The molecule has 1 aliphatic heterocycles. The van der Waals surface area contributed by atoms with Crippen LogP contribution in [-0.2, 0) is 9.59 Å². The van der Waals surface area contributed by atoms with Crippen molar-refractivity contribution in [2.24, 2.45) is 11.3 Å². The first-order chi connectivity index (χ1) is 8.43. The van der Waals surface area contributed by atoms with Crippen molar-refractivity contribution in [3.05, 3.63) is 0 Å². The van der Waals surface area contributed by atoms with Crippen LogP contribution in [0, 0.1) is 11.3 Å². The molecule has 100 valence electrons. The average molecular weight is 252 g/mol. The lowest BCUT2D eigenvalue weighted by Crippen LogP contribution is -2.62. The van der Waals surface area contributed by atoms with Gasteiger partial charge < -0.3 is 0 Å². The van der Waals surface area contributed by atoms with Gasteiger partial charge in [-0.15, -0.1) is 0 Å². The summed E-state index contributed by atoms with van der Waals surface area (Å²) < 4.78 is 0. The van der Waals surface area contributed by atoms with E-state index in [4.69, 9.17) is 0 Å². The lowest BCUT2D eigenvalue weighted by Gasteiger charge is -2.34. The molecule has 0 aromatic heterocycles. The Morgan fingerprint density at radius 2 is 1.83 bits per heavy atom. The van der Waals surface area contributed by atoms with E-state index in [0.717, 1.165) is 6.42 Å². The molecule has 1 aliphatic carbocycles. The maximum Gasteiger partial charge on any atom is 0.330 e. The fourth-order valence-electron chi connectivity index (χ4n) is 2.66. The third-order valence-electron chi connectivity index (χ3n) is 4.05. The van der Waals surface area contributed by atoms with Crippen LogP contribution in [0.25, 0.3) is 0 Å². The zero-order valence-electron chi connectivity index (χ0n) is 11.0. The molecule has 2 rings (SSSR count). The standard InChI is InChI=1S/C13H20N2O3/c1-13(2)10(16)14-12(18)15(11(13)17)8-7-9-5-3-4-6-9/h9H,3-8H2,1-2H3,(H,14,16,18). The minimum atomic E-state index is -1.14. The van der Waals surface area contributed by atoms with Gasteiger partial charge in [0.15, 0.2) is 0 Å². The van der Waals surface area contributed by atoms with E-state index in [0.29, 0.717) is 12.5 Å². The van der Waals surface area contributed by atoms with Crippen molar-refractivity contribution in [1.82, 2.24) is 10.2 Å². The number of amides is 4. The van der Waals surface area contributed by atoms with Gasteiger partial charge in [-0.3, -0.25) is 19.8 Å². The lowest BCUT2D eigenvalue weighted by molar-refractivity contribution is -0.149. The SMILES string of the molecule is CC1(C)C(=O)NC(=O)N(CCC2CCCC2)C1=O. The summed E-state index contributed by atoms with van der Waals surface area (Å²) in [7, 11) is 0. The highest BCUT2D eigenvalue weighted by atomic mass is 16.2. The molecule has 0 aromatic carbocycles. The number of rotatable bonds is 3. The summed E-state index contributed by atoms with van der Waals surface area (Å²) in [5.41, 5.74) is -1.14. The topological polar surface area (TPSA) is 66.5 Å². The zero-order chi connectivity index (χ0) is 13.3. The second-order valence-corrected chi connectivity index (χ2v) is 5.78. The van der Waals surface area contributed by atoms with Gasteiger partial charge >= 0.3 is 6.03 Å². The molecule has 1 N–H and O–H groups in total. The van der Waals surface area contributed by atoms with Gasteiger partial charge in [0.1, 0.15) is 5.41 Å². The van der Waals surface area contributed by atoms with E-state index < -0.39 is 17.4 Å². The van der Waals surface area contributed by atoms with Gasteiger partial charge in [0, 0.05) is 6.54 Å². The number of hydrogen-bond donors (Lipinski definition) is 1. The van der Waals surface area contributed by atoms with Crippen LogP contribution in [-0.4, -0.2) is 29.3 Å². The summed E-state index contributed by atoms with van der Waals surface area (Å²) in [6.07, 6.45) is 5.71. The molecule has 1 saturated heterocycles. The Morgan fingerprint density at radius 1 is 1.22 bits per heavy atom. The molecule has 2 aliphatic rings. The quantitative estimate of drug-likeness (QED) is 0.777. The van der Waals surface area contributed by atoms with Crippen molar-refractivity contribution >= 4 is 17.8 Å². The largest absolute Gasteiger partial charge is 0.330 e. The van der Waals surface area contributed by atoms with Crippen molar-refractivity contribution < 1.29 is 14.4 Å². The number of carbonyl (C=O) groups is 3. The molecule has 2 fully saturated rings. The summed E-state index contributed by atoms with van der Waals surface area (Å²) in [6.45, 7) is 3.53. The number of hydrogen-bond acceptors (Lipinski definition) is 3. The predicted molar refractivity (Wildman–Crippen MR) is 65.6 cm³/mol. The number of imide groups is 2. The van der Waals surface area contributed by atoms with Crippen LogP contribution >= 0.6 is 0 Å². The molecule has 0 unspecified atom stereocenters. The Kier molecular flexibility index (Phi) is 3.41. The van der Waals surface area contributed by atoms with Crippen LogP contribution in [0.1, 0.15) is 46.0 Å². The minimum absolute atomic E-state index is 0.380. The van der Waals surface area contributed by atoms with Crippen molar-refractivity contribution in [1.29, 1.82) is 0 Å². The van der Waals surface area contributed by atoms with Crippen molar-refractivity contribution in [2.45, 2.75) is 46.0 Å². The Morgan fingerprint density at radius 3 is 2.44 bits per heavy atom. The van der Waals surface area contributed by atoms with Gasteiger partial charge in [-0.2, -0.15) is 0 Å². The fourth-order valence-corrected chi connectivity index (χ4v) is 2.66. The molecule has 5 nitrogen and oxygen atoms in total. The Balaban J connectivity index is 2.00. The summed E-state index contributed by atoms with van der Waals surface area (Å²) in [6, 6.07) is -0.567. The van der Waals surface area contributed by atoms with Gasteiger partial charge in [-0.25, -0.2) is 4.79 Å². The number of urea groups is 1. The van der Waals surface area contributed by atoms with E-state index in [1.165, 1.54) is 30.6 Å². The summed E-state index contributed by atoms with van der Waals surface area (Å²) in [4.78, 5) is 36.6. The summed E-state index contributed by atoms with van der Waals surface area (Å²) in [5.74, 6) is -0.268. The van der Waals surface area contributed by atoms with Crippen LogP contribution < -0.4 is 5.32 Å². The summed E-state index contributed by atoms with van der Waals surface area (Å²) in [5, 5.41) is 2.25. The smallest absolute Gasteiger partial charge is 0.277 e. The van der Waals surface area contributed by atoms with E-state index in [9.17, 15) is 14.4 Å². The fraction of sp³-hybridized carbons (Fsp3) is 0.769. The molecular weight excluding hydrogens is 232 g/mol. The summed E-state index contributed by atoms with van der Waals surface area (Å²) >= 11 is 0. The highest BCUT2D eigenvalue weighted by Gasteiger charge is 2.46. The second kappa shape index (κ2) is 4.71. The van der Waals surface area contributed by atoms with Crippen molar-refractivity contribution in [3.63, 3.8) is 0 Å². The van der Waals surface area contributed by atoms with E-state index in [1.807, 2.05) is 0 Å². The molecule has 0 spiro atoms. The molecule has 4 amide bonds. The van der Waals surface area contributed by atoms with Gasteiger partial charge in [-0.05, 0) is 26.2 Å². The van der Waals surface area contributed by atoms with Gasteiger partial charge in [-0.1, -0.05) is 25.7 Å². The minimum Gasteiger partial charge on any atom is -0.277 e. The lowest BCUT2D eigenvalue weighted by atomic mass is 9.88. The molecule has 0 radical (unpaired) electrons. The molecule has 18 heavy (non-hydrogen) atoms. The number of nitrogens with one attached hydrogen (secondary N) is 1. The molecule has 5 heteroatoms. The van der Waals surface area contributed by atoms with Crippen LogP contribution in [0.15, 0.2) is 0 Å². The molecule has 1 saturated carbocycles. The molecular formula is C13H20N2O3. The molecule has 0 aromatic rings. The normalized spacial score (nSPS) is 24.6. The van der Waals surface area contributed by atoms with E-state index >= 15 is 0 Å². The number of carbonyl (C=O) groups excluding carboxylic acids is 3. The van der Waals surface area contributed by atoms with E-state index in [1.54, 1.807) is 13.8 Å². The first-order valence-corrected chi connectivity index (χ1v) is 6.60. The first kappa shape index (κ1) is 13.1. The van der Waals surface area contributed by atoms with Crippen molar-refractivity contribution in [3.8, 4) is 0 Å².